The number of rotatable bonds is 5. The third kappa shape index (κ3) is 4.41. The molecule has 5 heteroatoms. The number of nitrogens with zero attached hydrogens (tertiary/aromatic N) is 1. The van der Waals surface area contributed by atoms with E-state index in [-0.39, 0.29) is 12.0 Å². The first kappa shape index (κ1) is 17.1. The molecule has 0 saturated heterocycles. The standard InChI is InChI=1S/C19H28N2O3/c1-14-7-3-4-8-16(14)20-19(22)12-21(2)11-15-13-23-17-9-5-6-10-18(17)24-15/h5-6,9-10,14-16H,3-4,7-8,11-13H2,1-2H3,(H,20,22)/t14-,15-,16+/m1/s1. The molecule has 1 fully saturated rings. The van der Waals surface area contributed by atoms with Crippen LogP contribution in [0.4, 0.5) is 0 Å². The Labute approximate surface area is 144 Å². The lowest BCUT2D eigenvalue weighted by molar-refractivity contribution is -0.123. The van der Waals surface area contributed by atoms with Crippen molar-refractivity contribution >= 4 is 5.91 Å². The Morgan fingerprint density at radius 2 is 2.00 bits per heavy atom. The topological polar surface area (TPSA) is 50.8 Å². The summed E-state index contributed by atoms with van der Waals surface area (Å²) < 4.78 is 11.7. The molecule has 1 aromatic carbocycles. The van der Waals surface area contributed by atoms with Crippen molar-refractivity contribution < 1.29 is 14.3 Å². The highest BCUT2D eigenvalue weighted by Gasteiger charge is 2.25. The second kappa shape index (κ2) is 7.88. The van der Waals surface area contributed by atoms with Gasteiger partial charge >= 0.3 is 0 Å². The maximum absolute atomic E-state index is 12.3. The number of amides is 1. The molecule has 1 N–H and O–H groups in total. The zero-order valence-electron chi connectivity index (χ0n) is 14.7. The van der Waals surface area contributed by atoms with E-state index in [2.05, 4.69) is 12.2 Å². The Morgan fingerprint density at radius 3 is 2.79 bits per heavy atom. The number of benzene rings is 1. The first-order valence-electron chi connectivity index (χ1n) is 8.98. The van der Waals surface area contributed by atoms with Crippen molar-refractivity contribution in [2.45, 2.75) is 44.8 Å². The van der Waals surface area contributed by atoms with Crippen LogP contribution in [0.1, 0.15) is 32.6 Å². The van der Waals surface area contributed by atoms with Gasteiger partial charge in [-0.3, -0.25) is 9.69 Å². The number of hydrogen-bond acceptors (Lipinski definition) is 4. The predicted molar refractivity (Wildman–Crippen MR) is 93.4 cm³/mol. The highest BCUT2D eigenvalue weighted by atomic mass is 16.6. The average Bonchev–Trinajstić information content (AvgIpc) is 2.56. The van der Waals surface area contributed by atoms with Crippen LogP contribution in [0.5, 0.6) is 11.5 Å². The fourth-order valence-electron chi connectivity index (χ4n) is 3.59. The lowest BCUT2D eigenvalue weighted by atomic mass is 9.86. The number of para-hydroxylation sites is 2. The van der Waals surface area contributed by atoms with E-state index in [9.17, 15) is 4.79 Å². The molecule has 3 rings (SSSR count). The van der Waals surface area contributed by atoms with Crippen LogP contribution >= 0.6 is 0 Å². The predicted octanol–water partition coefficient (Wildman–Crippen LogP) is 2.45. The van der Waals surface area contributed by atoms with E-state index in [1.165, 1.54) is 19.3 Å². The molecule has 0 spiro atoms. The zero-order chi connectivity index (χ0) is 16.9. The average molecular weight is 332 g/mol. The molecule has 0 unspecified atom stereocenters. The summed E-state index contributed by atoms with van der Waals surface area (Å²) in [6.45, 7) is 3.81. The van der Waals surface area contributed by atoms with E-state index in [1.54, 1.807) is 0 Å². The van der Waals surface area contributed by atoms with Gasteiger partial charge in [0.2, 0.25) is 5.91 Å². The monoisotopic (exact) mass is 332 g/mol. The molecule has 1 aromatic rings. The second-order valence-corrected chi connectivity index (χ2v) is 7.13. The number of fused-ring (bicyclic) bond motifs is 1. The maximum atomic E-state index is 12.3. The van der Waals surface area contributed by atoms with Crippen molar-refractivity contribution in [1.29, 1.82) is 0 Å². The number of hydrogen-bond donors (Lipinski definition) is 1. The number of nitrogens with one attached hydrogen (secondary N) is 1. The minimum absolute atomic E-state index is 0.0497. The van der Waals surface area contributed by atoms with Gasteiger partial charge in [0, 0.05) is 12.6 Å². The molecule has 24 heavy (non-hydrogen) atoms. The summed E-state index contributed by atoms with van der Waals surface area (Å²) >= 11 is 0. The van der Waals surface area contributed by atoms with E-state index < -0.39 is 0 Å². The highest BCUT2D eigenvalue weighted by Crippen LogP contribution is 2.31. The highest BCUT2D eigenvalue weighted by molar-refractivity contribution is 5.78. The van der Waals surface area contributed by atoms with Gasteiger partial charge in [-0.2, -0.15) is 0 Å². The van der Waals surface area contributed by atoms with Crippen molar-refractivity contribution in [3.05, 3.63) is 24.3 Å². The van der Waals surface area contributed by atoms with Gasteiger partial charge in [-0.1, -0.05) is 31.9 Å². The largest absolute Gasteiger partial charge is 0.486 e. The van der Waals surface area contributed by atoms with Gasteiger partial charge in [-0.15, -0.1) is 0 Å². The number of ether oxygens (including phenoxy) is 2. The van der Waals surface area contributed by atoms with Gasteiger partial charge in [-0.25, -0.2) is 0 Å². The summed E-state index contributed by atoms with van der Waals surface area (Å²) in [5, 5.41) is 3.20. The molecular formula is C19H28N2O3. The van der Waals surface area contributed by atoms with Crippen LogP contribution in [0.2, 0.25) is 0 Å². The third-order valence-electron chi connectivity index (χ3n) is 4.95. The Hall–Kier alpha value is -1.75. The molecule has 1 aliphatic carbocycles. The molecule has 0 aromatic heterocycles. The van der Waals surface area contributed by atoms with Gasteiger partial charge in [0.25, 0.3) is 0 Å². The van der Waals surface area contributed by atoms with Gasteiger partial charge in [0.05, 0.1) is 6.54 Å². The third-order valence-corrected chi connectivity index (χ3v) is 4.95. The first-order valence-corrected chi connectivity index (χ1v) is 8.98. The van der Waals surface area contributed by atoms with Gasteiger partial charge < -0.3 is 14.8 Å². The molecule has 2 aliphatic rings. The molecule has 1 saturated carbocycles. The van der Waals surface area contributed by atoms with E-state index >= 15 is 0 Å². The maximum Gasteiger partial charge on any atom is 0.234 e. The quantitative estimate of drug-likeness (QED) is 0.900. The minimum atomic E-state index is -0.0497. The molecule has 1 aliphatic heterocycles. The van der Waals surface area contributed by atoms with E-state index in [0.29, 0.717) is 31.7 Å². The Kier molecular flexibility index (Phi) is 5.61. The molecule has 0 radical (unpaired) electrons. The minimum Gasteiger partial charge on any atom is -0.486 e. The SMILES string of the molecule is C[C@@H]1CCCC[C@@H]1NC(=O)CN(C)C[C@@H]1COc2ccccc2O1. The molecule has 1 heterocycles. The first-order chi connectivity index (χ1) is 11.6. The van der Waals surface area contributed by atoms with Crippen molar-refractivity contribution in [1.82, 2.24) is 10.2 Å². The smallest absolute Gasteiger partial charge is 0.234 e. The summed E-state index contributed by atoms with van der Waals surface area (Å²) in [7, 11) is 1.95. The van der Waals surface area contributed by atoms with E-state index in [4.69, 9.17) is 9.47 Å². The Morgan fingerprint density at radius 1 is 1.25 bits per heavy atom. The molecular weight excluding hydrogens is 304 g/mol. The Balaban J connectivity index is 1.44. The van der Waals surface area contributed by atoms with Crippen molar-refractivity contribution in [3.8, 4) is 11.5 Å². The second-order valence-electron chi connectivity index (χ2n) is 7.13. The summed E-state index contributed by atoms with van der Waals surface area (Å²) in [6, 6.07) is 8.03. The molecule has 5 nitrogen and oxygen atoms in total. The molecule has 0 bridgehead atoms. The van der Waals surface area contributed by atoms with Crippen molar-refractivity contribution in [3.63, 3.8) is 0 Å². The van der Waals surface area contributed by atoms with Crippen molar-refractivity contribution in [2.24, 2.45) is 5.92 Å². The van der Waals surface area contributed by atoms with Crippen LogP contribution in [0.25, 0.3) is 0 Å². The molecule has 1 amide bonds. The zero-order valence-corrected chi connectivity index (χ0v) is 14.7. The van der Waals surface area contributed by atoms with Crippen LogP contribution in [-0.2, 0) is 4.79 Å². The van der Waals surface area contributed by atoms with Crippen LogP contribution < -0.4 is 14.8 Å². The molecule has 132 valence electrons. The number of carbonyl (C=O) groups excluding carboxylic acids is 1. The summed E-state index contributed by atoms with van der Waals surface area (Å²) in [6.07, 6.45) is 4.78. The van der Waals surface area contributed by atoms with E-state index in [0.717, 1.165) is 17.9 Å². The van der Waals surface area contributed by atoms with E-state index in [1.807, 2.05) is 36.2 Å². The fraction of sp³-hybridized carbons (Fsp3) is 0.632. The summed E-state index contributed by atoms with van der Waals surface area (Å²) in [5.74, 6) is 2.26. The van der Waals surface area contributed by atoms with Gasteiger partial charge in [-0.05, 0) is 37.9 Å². The number of likely N-dealkylation sites (N-methyl/N-ethyl adjacent to an activating group) is 1. The lowest BCUT2D eigenvalue weighted by Gasteiger charge is -2.31. The van der Waals surface area contributed by atoms with Crippen LogP contribution in [0, 0.1) is 5.92 Å². The Bertz CT molecular complexity index is 563. The molecule has 3 atom stereocenters. The lowest BCUT2D eigenvalue weighted by Crippen LogP contribution is -2.47. The van der Waals surface area contributed by atoms with Crippen LogP contribution in [0.3, 0.4) is 0 Å². The van der Waals surface area contributed by atoms with Crippen LogP contribution in [0.15, 0.2) is 24.3 Å². The number of carbonyl (C=O) groups is 1. The van der Waals surface area contributed by atoms with Crippen LogP contribution in [-0.4, -0.2) is 49.7 Å². The van der Waals surface area contributed by atoms with Gasteiger partial charge in [0.1, 0.15) is 12.7 Å². The normalized spacial score (nSPS) is 26.2. The summed E-state index contributed by atoms with van der Waals surface area (Å²) in [4.78, 5) is 14.3. The van der Waals surface area contributed by atoms with Crippen molar-refractivity contribution in [2.75, 3.05) is 26.7 Å². The van der Waals surface area contributed by atoms with Gasteiger partial charge in [0.15, 0.2) is 11.5 Å². The fourth-order valence-corrected chi connectivity index (χ4v) is 3.59. The summed E-state index contributed by atoms with van der Waals surface area (Å²) in [5.41, 5.74) is 0.